The third-order valence-corrected chi connectivity index (χ3v) is 3.01. The van der Waals surface area contributed by atoms with Crippen molar-refractivity contribution in [2.75, 3.05) is 0 Å². The van der Waals surface area contributed by atoms with E-state index in [4.69, 9.17) is 4.98 Å². The number of aromatic nitrogens is 1. The molecule has 0 radical (unpaired) electrons. The van der Waals surface area contributed by atoms with Crippen molar-refractivity contribution < 1.29 is 0 Å². The van der Waals surface area contributed by atoms with Crippen molar-refractivity contribution >= 4 is 10.9 Å². The van der Waals surface area contributed by atoms with E-state index in [-0.39, 0.29) is 0 Å². The minimum Gasteiger partial charge on any atom is -0.253 e. The zero-order valence-electron chi connectivity index (χ0n) is 10.2. The molecule has 0 aliphatic heterocycles. The van der Waals surface area contributed by atoms with Crippen molar-refractivity contribution in [3.05, 3.63) is 41.6 Å². The van der Waals surface area contributed by atoms with Gasteiger partial charge in [0, 0.05) is 11.1 Å². The van der Waals surface area contributed by atoms with E-state index in [9.17, 15) is 0 Å². The Labute approximate surface area is 97.5 Å². The zero-order chi connectivity index (χ0) is 11.4. The molecule has 0 bridgehead atoms. The Morgan fingerprint density at radius 3 is 2.75 bits per heavy atom. The van der Waals surface area contributed by atoms with E-state index < -0.39 is 0 Å². The van der Waals surface area contributed by atoms with Gasteiger partial charge in [0.05, 0.1) is 5.52 Å². The van der Waals surface area contributed by atoms with Gasteiger partial charge < -0.3 is 0 Å². The second kappa shape index (κ2) is 5.11. The standard InChI is InChI=1S/C15H19N/c1-3-4-5-8-13-11-12(2)14-9-6-7-10-15(14)16-13/h6-7,9-11H,3-5,8H2,1-2H3. The number of fused-ring (bicyclic) bond motifs is 1. The van der Waals surface area contributed by atoms with Gasteiger partial charge in [0.25, 0.3) is 0 Å². The van der Waals surface area contributed by atoms with Crippen LogP contribution in [0.1, 0.15) is 37.4 Å². The first kappa shape index (κ1) is 11.1. The van der Waals surface area contributed by atoms with Crippen LogP contribution in [0.25, 0.3) is 10.9 Å². The lowest BCUT2D eigenvalue weighted by Gasteiger charge is -2.05. The van der Waals surface area contributed by atoms with Crippen LogP contribution >= 0.6 is 0 Å². The van der Waals surface area contributed by atoms with Crippen molar-refractivity contribution in [1.29, 1.82) is 0 Å². The molecule has 1 heteroatoms. The lowest BCUT2D eigenvalue weighted by atomic mass is 10.1. The summed E-state index contributed by atoms with van der Waals surface area (Å²) in [6.45, 7) is 4.41. The minimum absolute atomic E-state index is 1.11. The fraction of sp³-hybridized carbons (Fsp3) is 0.400. The Morgan fingerprint density at radius 1 is 1.12 bits per heavy atom. The number of rotatable bonds is 4. The highest BCUT2D eigenvalue weighted by Gasteiger charge is 2.01. The summed E-state index contributed by atoms with van der Waals surface area (Å²) in [5.41, 5.74) is 3.72. The van der Waals surface area contributed by atoms with Crippen LogP contribution < -0.4 is 0 Å². The lowest BCUT2D eigenvalue weighted by molar-refractivity contribution is 0.708. The highest BCUT2D eigenvalue weighted by molar-refractivity contribution is 5.81. The van der Waals surface area contributed by atoms with Gasteiger partial charge in [0.2, 0.25) is 0 Å². The molecule has 0 aliphatic carbocycles. The molecule has 1 aromatic carbocycles. The number of pyridine rings is 1. The first-order valence-electron chi connectivity index (χ1n) is 6.16. The van der Waals surface area contributed by atoms with E-state index in [1.54, 1.807) is 0 Å². The van der Waals surface area contributed by atoms with E-state index in [0.29, 0.717) is 0 Å². The molecule has 2 rings (SSSR count). The van der Waals surface area contributed by atoms with Gasteiger partial charge in [-0.15, -0.1) is 0 Å². The van der Waals surface area contributed by atoms with Crippen LogP contribution in [-0.2, 0) is 6.42 Å². The van der Waals surface area contributed by atoms with Gasteiger partial charge in [-0.3, -0.25) is 4.98 Å². The highest BCUT2D eigenvalue weighted by Crippen LogP contribution is 2.18. The largest absolute Gasteiger partial charge is 0.253 e. The second-order valence-electron chi connectivity index (χ2n) is 4.40. The average Bonchev–Trinajstić information content (AvgIpc) is 2.30. The smallest absolute Gasteiger partial charge is 0.0707 e. The minimum atomic E-state index is 1.11. The van der Waals surface area contributed by atoms with Crippen LogP contribution in [0.3, 0.4) is 0 Å². The van der Waals surface area contributed by atoms with Gasteiger partial charge in [0.15, 0.2) is 0 Å². The third-order valence-electron chi connectivity index (χ3n) is 3.01. The number of aryl methyl sites for hydroxylation is 2. The Hall–Kier alpha value is -1.37. The van der Waals surface area contributed by atoms with Crippen LogP contribution in [0.4, 0.5) is 0 Å². The summed E-state index contributed by atoms with van der Waals surface area (Å²) in [7, 11) is 0. The van der Waals surface area contributed by atoms with Crippen molar-refractivity contribution in [3.63, 3.8) is 0 Å². The predicted octanol–water partition coefficient (Wildman–Crippen LogP) is 4.28. The number of hydrogen-bond donors (Lipinski definition) is 0. The quantitative estimate of drug-likeness (QED) is 0.691. The van der Waals surface area contributed by atoms with Gasteiger partial charge in [-0.25, -0.2) is 0 Å². The lowest BCUT2D eigenvalue weighted by Crippen LogP contribution is -1.93. The average molecular weight is 213 g/mol. The SMILES string of the molecule is CCCCCc1cc(C)c2ccccc2n1. The summed E-state index contributed by atoms with van der Waals surface area (Å²) < 4.78 is 0. The third kappa shape index (κ3) is 2.41. The first-order chi connectivity index (χ1) is 7.81. The molecule has 1 nitrogen and oxygen atoms in total. The van der Waals surface area contributed by atoms with Gasteiger partial charge >= 0.3 is 0 Å². The Kier molecular flexibility index (Phi) is 3.55. The van der Waals surface area contributed by atoms with Crippen LogP contribution in [-0.4, -0.2) is 4.98 Å². The fourth-order valence-corrected chi connectivity index (χ4v) is 2.10. The van der Waals surface area contributed by atoms with Crippen molar-refractivity contribution in [2.45, 2.75) is 39.5 Å². The van der Waals surface area contributed by atoms with E-state index in [1.165, 1.54) is 35.9 Å². The number of benzene rings is 1. The molecule has 0 aliphatic rings. The van der Waals surface area contributed by atoms with Gasteiger partial charge in [-0.2, -0.15) is 0 Å². The molecule has 2 aromatic rings. The maximum atomic E-state index is 4.71. The Morgan fingerprint density at radius 2 is 1.94 bits per heavy atom. The van der Waals surface area contributed by atoms with E-state index in [1.807, 2.05) is 0 Å². The second-order valence-corrected chi connectivity index (χ2v) is 4.40. The summed E-state index contributed by atoms with van der Waals surface area (Å²) in [6.07, 6.45) is 4.93. The topological polar surface area (TPSA) is 12.9 Å². The molecule has 0 unspecified atom stereocenters. The van der Waals surface area contributed by atoms with Crippen LogP contribution in [0.5, 0.6) is 0 Å². The molecule has 0 fully saturated rings. The summed E-state index contributed by atoms with van der Waals surface area (Å²) in [5.74, 6) is 0. The molecule has 0 atom stereocenters. The van der Waals surface area contributed by atoms with Crippen molar-refractivity contribution in [2.24, 2.45) is 0 Å². The van der Waals surface area contributed by atoms with E-state index in [2.05, 4.69) is 44.2 Å². The first-order valence-corrected chi connectivity index (χ1v) is 6.16. The molecule has 84 valence electrons. The maximum Gasteiger partial charge on any atom is 0.0707 e. The monoisotopic (exact) mass is 213 g/mol. The van der Waals surface area contributed by atoms with Gasteiger partial charge in [-0.1, -0.05) is 38.0 Å². The van der Waals surface area contributed by atoms with E-state index >= 15 is 0 Å². The van der Waals surface area contributed by atoms with E-state index in [0.717, 1.165) is 11.9 Å². The van der Waals surface area contributed by atoms with Gasteiger partial charge in [-0.05, 0) is 37.5 Å². The van der Waals surface area contributed by atoms with Crippen LogP contribution in [0, 0.1) is 6.92 Å². The molecular formula is C15H19N. The van der Waals surface area contributed by atoms with Crippen LogP contribution in [0.15, 0.2) is 30.3 Å². The zero-order valence-corrected chi connectivity index (χ0v) is 10.2. The molecule has 0 N–H and O–H groups in total. The molecular weight excluding hydrogens is 194 g/mol. The predicted molar refractivity (Wildman–Crippen MR) is 69.7 cm³/mol. The van der Waals surface area contributed by atoms with Gasteiger partial charge in [0.1, 0.15) is 0 Å². The summed E-state index contributed by atoms with van der Waals surface area (Å²) in [4.78, 5) is 4.71. The molecule has 0 amide bonds. The molecule has 0 saturated heterocycles. The number of nitrogens with zero attached hydrogens (tertiary/aromatic N) is 1. The Bertz CT molecular complexity index is 474. The molecule has 16 heavy (non-hydrogen) atoms. The van der Waals surface area contributed by atoms with Crippen LogP contribution in [0.2, 0.25) is 0 Å². The Balaban J connectivity index is 2.27. The summed E-state index contributed by atoms with van der Waals surface area (Å²) >= 11 is 0. The fourth-order valence-electron chi connectivity index (χ4n) is 2.10. The highest BCUT2D eigenvalue weighted by atomic mass is 14.7. The maximum absolute atomic E-state index is 4.71. The molecule has 1 heterocycles. The van der Waals surface area contributed by atoms with Crippen molar-refractivity contribution in [3.8, 4) is 0 Å². The molecule has 0 saturated carbocycles. The van der Waals surface area contributed by atoms with Crippen molar-refractivity contribution in [1.82, 2.24) is 4.98 Å². The molecule has 1 aromatic heterocycles. The summed E-state index contributed by atoms with van der Waals surface area (Å²) in [5, 5.41) is 1.28. The normalized spacial score (nSPS) is 10.9. The summed E-state index contributed by atoms with van der Waals surface area (Å²) in [6, 6.07) is 10.6. The number of unbranched alkanes of at least 4 members (excludes halogenated alkanes) is 2. The number of hydrogen-bond acceptors (Lipinski definition) is 1. The number of para-hydroxylation sites is 1. The molecule has 0 spiro atoms.